The summed E-state index contributed by atoms with van der Waals surface area (Å²) in [5, 5.41) is 14.1. The number of ether oxygens (including phenoxy) is 2. The van der Waals surface area contributed by atoms with E-state index < -0.39 is 58.1 Å². The minimum Gasteiger partial charge on any atom is -0.468 e. The average molecular weight is 582 g/mol. The molecule has 0 aliphatic carbocycles. The SMILES string of the molecule is COC(=O)c1ccc([C@@H]2C(C#N)=C(SCC(=O)Nc3ccc(Cl)c(C(F)(F)F)c3)NC(=O)[C@H]2C(=O)OC)cc1. The first-order valence-electron chi connectivity index (χ1n) is 10.9. The number of alkyl halides is 3. The quantitative estimate of drug-likeness (QED) is 0.366. The van der Waals surface area contributed by atoms with Crippen LogP contribution in [-0.2, 0) is 30.0 Å². The van der Waals surface area contributed by atoms with Crippen molar-refractivity contribution in [3.8, 4) is 6.07 Å². The average Bonchev–Trinajstić information content (AvgIpc) is 2.91. The fraction of sp³-hybridized carbons (Fsp3) is 0.240. The van der Waals surface area contributed by atoms with E-state index in [1.165, 1.54) is 37.4 Å². The number of methoxy groups -OCH3 is 2. The standard InChI is InChI=1S/C25H19ClF3N3O6S/c1-37-23(35)13-5-3-12(4-6-13)19-15(10-30)22(32-21(34)20(19)24(36)38-2)39-11-18(33)31-14-7-8-17(26)16(9-14)25(27,28)29/h3-9,19-20H,11H2,1-2H3,(H,31,33)(H,32,34)/t19-,20+/m1/s1. The minimum atomic E-state index is -4.73. The van der Waals surface area contributed by atoms with Crippen molar-refractivity contribution in [1.29, 1.82) is 5.26 Å². The number of hydrogen-bond acceptors (Lipinski definition) is 8. The number of benzene rings is 2. The Morgan fingerprint density at radius 3 is 2.36 bits per heavy atom. The monoisotopic (exact) mass is 581 g/mol. The van der Waals surface area contributed by atoms with Crippen molar-refractivity contribution >= 4 is 52.8 Å². The Hall–Kier alpha value is -4.02. The number of nitrogens with one attached hydrogen (secondary N) is 2. The molecule has 2 aromatic carbocycles. The summed E-state index contributed by atoms with van der Waals surface area (Å²) < 4.78 is 48.8. The Morgan fingerprint density at radius 1 is 1.13 bits per heavy atom. The van der Waals surface area contributed by atoms with Gasteiger partial charge < -0.3 is 20.1 Å². The summed E-state index contributed by atoms with van der Waals surface area (Å²) in [5.41, 5.74) is -0.805. The molecule has 0 radical (unpaired) electrons. The summed E-state index contributed by atoms with van der Waals surface area (Å²) in [6, 6.07) is 10.5. The van der Waals surface area contributed by atoms with Crippen molar-refractivity contribution in [3.05, 3.63) is 74.8 Å². The topological polar surface area (TPSA) is 135 Å². The Balaban J connectivity index is 1.89. The van der Waals surface area contributed by atoms with E-state index in [-0.39, 0.29) is 21.9 Å². The fourth-order valence-electron chi connectivity index (χ4n) is 3.78. The Morgan fingerprint density at radius 2 is 1.79 bits per heavy atom. The van der Waals surface area contributed by atoms with Crippen LogP contribution in [0, 0.1) is 17.2 Å². The molecule has 1 aliphatic rings. The van der Waals surface area contributed by atoms with Crippen LogP contribution >= 0.6 is 23.4 Å². The Kier molecular flexibility index (Phi) is 9.26. The van der Waals surface area contributed by atoms with Crippen LogP contribution in [0.3, 0.4) is 0 Å². The maximum absolute atomic E-state index is 13.1. The van der Waals surface area contributed by atoms with Crippen LogP contribution in [0.1, 0.15) is 27.4 Å². The lowest BCUT2D eigenvalue weighted by Crippen LogP contribution is -2.44. The molecule has 0 bridgehead atoms. The molecule has 0 saturated carbocycles. The van der Waals surface area contributed by atoms with Crippen LogP contribution in [0.15, 0.2) is 53.1 Å². The molecule has 3 rings (SSSR count). The van der Waals surface area contributed by atoms with E-state index in [9.17, 15) is 37.6 Å². The number of hydrogen-bond donors (Lipinski definition) is 2. The van der Waals surface area contributed by atoms with Crippen molar-refractivity contribution < 1.29 is 41.8 Å². The van der Waals surface area contributed by atoms with Gasteiger partial charge in [-0.3, -0.25) is 14.4 Å². The lowest BCUT2D eigenvalue weighted by molar-refractivity contribution is -0.150. The second-order valence-electron chi connectivity index (χ2n) is 7.97. The van der Waals surface area contributed by atoms with Gasteiger partial charge in [-0.25, -0.2) is 4.79 Å². The van der Waals surface area contributed by atoms with Crippen LogP contribution in [-0.4, -0.2) is 43.7 Å². The number of amides is 2. The minimum absolute atomic E-state index is 0.0214. The van der Waals surface area contributed by atoms with Gasteiger partial charge in [0, 0.05) is 11.6 Å². The molecule has 1 aliphatic heterocycles. The summed E-state index contributed by atoms with van der Waals surface area (Å²) in [7, 11) is 2.28. The summed E-state index contributed by atoms with van der Waals surface area (Å²) in [6.07, 6.45) is -4.73. The van der Waals surface area contributed by atoms with Crippen LogP contribution < -0.4 is 10.6 Å². The van der Waals surface area contributed by atoms with Gasteiger partial charge in [-0.15, -0.1) is 0 Å². The van der Waals surface area contributed by atoms with Gasteiger partial charge >= 0.3 is 18.1 Å². The van der Waals surface area contributed by atoms with E-state index in [0.29, 0.717) is 11.6 Å². The van der Waals surface area contributed by atoms with Crippen molar-refractivity contribution in [1.82, 2.24) is 5.32 Å². The first-order valence-corrected chi connectivity index (χ1v) is 12.3. The third-order valence-electron chi connectivity index (χ3n) is 5.58. The summed E-state index contributed by atoms with van der Waals surface area (Å²) >= 11 is 6.34. The number of halogens is 4. The summed E-state index contributed by atoms with van der Waals surface area (Å²) in [6.45, 7) is 0. The first kappa shape index (κ1) is 29.5. The largest absolute Gasteiger partial charge is 0.468 e. The van der Waals surface area contributed by atoms with Gasteiger partial charge in [-0.2, -0.15) is 18.4 Å². The fourth-order valence-corrected chi connectivity index (χ4v) is 4.85. The highest BCUT2D eigenvalue weighted by molar-refractivity contribution is 8.03. The summed E-state index contributed by atoms with van der Waals surface area (Å²) in [5.74, 6) is -6.01. The van der Waals surface area contributed by atoms with Crippen LogP contribution in [0.2, 0.25) is 5.02 Å². The van der Waals surface area contributed by atoms with Gasteiger partial charge in [-0.05, 0) is 35.9 Å². The number of anilines is 1. The molecular weight excluding hydrogens is 563 g/mol. The predicted octanol–water partition coefficient (Wildman–Crippen LogP) is 4.26. The van der Waals surface area contributed by atoms with E-state index >= 15 is 0 Å². The van der Waals surface area contributed by atoms with E-state index in [0.717, 1.165) is 24.9 Å². The molecule has 2 amide bonds. The Labute approximate surface area is 229 Å². The molecule has 2 N–H and O–H groups in total. The molecule has 9 nitrogen and oxygen atoms in total. The highest BCUT2D eigenvalue weighted by Gasteiger charge is 2.44. The molecule has 2 atom stereocenters. The highest BCUT2D eigenvalue weighted by Crippen LogP contribution is 2.40. The third-order valence-corrected chi connectivity index (χ3v) is 6.92. The second-order valence-corrected chi connectivity index (χ2v) is 9.36. The van der Waals surface area contributed by atoms with Crippen LogP contribution in [0.25, 0.3) is 0 Å². The number of thioether (sulfide) groups is 1. The number of allylic oxidation sites excluding steroid dienone is 1. The second kappa shape index (κ2) is 12.2. The van der Waals surface area contributed by atoms with E-state index in [1.807, 2.05) is 6.07 Å². The van der Waals surface area contributed by atoms with Crippen molar-refractivity contribution in [2.75, 3.05) is 25.3 Å². The predicted molar refractivity (Wildman–Crippen MR) is 134 cm³/mol. The number of nitriles is 1. The molecule has 14 heteroatoms. The van der Waals surface area contributed by atoms with Crippen molar-refractivity contribution in [2.45, 2.75) is 12.1 Å². The highest BCUT2D eigenvalue weighted by atomic mass is 35.5. The number of esters is 2. The lowest BCUT2D eigenvalue weighted by atomic mass is 9.78. The molecule has 1 heterocycles. The number of nitrogens with zero attached hydrogens (tertiary/aromatic N) is 1. The lowest BCUT2D eigenvalue weighted by Gasteiger charge is -2.31. The van der Waals surface area contributed by atoms with Gasteiger partial charge in [0.1, 0.15) is 5.92 Å². The van der Waals surface area contributed by atoms with Gasteiger partial charge in [0.2, 0.25) is 11.8 Å². The normalized spacial score (nSPS) is 17.1. The number of carbonyl (C=O) groups is 4. The van der Waals surface area contributed by atoms with E-state index in [4.69, 9.17) is 16.3 Å². The molecular formula is C25H19ClF3N3O6S. The van der Waals surface area contributed by atoms with E-state index in [2.05, 4.69) is 15.4 Å². The van der Waals surface area contributed by atoms with Gasteiger partial charge in [0.25, 0.3) is 0 Å². The van der Waals surface area contributed by atoms with E-state index in [1.54, 1.807) is 0 Å². The van der Waals surface area contributed by atoms with Gasteiger partial charge in [0.05, 0.1) is 52.8 Å². The molecule has 39 heavy (non-hydrogen) atoms. The molecule has 0 unspecified atom stereocenters. The zero-order chi connectivity index (χ0) is 28.9. The smallest absolute Gasteiger partial charge is 0.417 e. The molecule has 0 spiro atoms. The zero-order valence-electron chi connectivity index (χ0n) is 20.2. The maximum Gasteiger partial charge on any atom is 0.417 e. The first-order chi connectivity index (χ1) is 18.4. The molecule has 0 saturated heterocycles. The molecule has 0 aromatic heterocycles. The van der Waals surface area contributed by atoms with Gasteiger partial charge in [0.15, 0.2) is 0 Å². The van der Waals surface area contributed by atoms with Crippen molar-refractivity contribution in [3.63, 3.8) is 0 Å². The maximum atomic E-state index is 13.1. The van der Waals surface area contributed by atoms with Crippen LogP contribution in [0.5, 0.6) is 0 Å². The molecule has 204 valence electrons. The molecule has 2 aromatic rings. The summed E-state index contributed by atoms with van der Waals surface area (Å²) in [4.78, 5) is 49.7. The Bertz CT molecular complexity index is 1390. The molecule has 0 fully saturated rings. The van der Waals surface area contributed by atoms with Gasteiger partial charge in [-0.1, -0.05) is 35.5 Å². The number of carbonyl (C=O) groups excluding carboxylic acids is 4. The zero-order valence-corrected chi connectivity index (χ0v) is 21.8. The third kappa shape index (κ3) is 6.71. The van der Waals surface area contributed by atoms with Crippen molar-refractivity contribution in [2.24, 2.45) is 5.92 Å². The number of rotatable bonds is 7. The van der Waals surface area contributed by atoms with Crippen LogP contribution in [0.4, 0.5) is 18.9 Å².